The Labute approximate surface area is 157 Å². The van der Waals surface area contributed by atoms with Crippen LogP contribution in [0.2, 0.25) is 0 Å². The molecule has 3 atom stereocenters. The van der Waals surface area contributed by atoms with Crippen molar-refractivity contribution in [1.82, 2.24) is 10.6 Å². The van der Waals surface area contributed by atoms with Crippen molar-refractivity contribution in [1.29, 1.82) is 0 Å². The predicted molar refractivity (Wildman–Crippen MR) is 108 cm³/mol. The van der Waals surface area contributed by atoms with E-state index in [1.807, 2.05) is 35.7 Å². The van der Waals surface area contributed by atoms with E-state index in [1.54, 1.807) is 16.9 Å². The van der Waals surface area contributed by atoms with Crippen LogP contribution in [0.25, 0.3) is 0 Å². The van der Waals surface area contributed by atoms with Crippen molar-refractivity contribution in [3.8, 4) is 5.75 Å². The van der Waals surface area contributed by atoms with Crippen LogP contribution in [-0.4, -0.2) is 29.8 Å². The maximum absolute atomic E-state index is 5.54. The molecule has 1 aliphatic carbocycles. The van der Waals surface area contributed by atoms with Crippen molar-refractivity contribution in [2.75, 3.05) is 18.6 Å². The molecule has 0 aromatic heterocycles. The summed E-state index contributed by atoms with van der Waals surface area (Å²) >= 11 is 9.60. The van der Waals surface area contributed by atoms with Crippen molar-refractivity contribution in [2.45, 2.75) is 31.3 Å². The van der Waals surface area contributed by atoms with Crippen LogP contribution < -0.4 is 15.4 Å². The van der Waals surface area contributed by atoms with Gasteiger partial charge in [0, 0.05) is 21.7 Å². The van der Waals surface area contributed by atoms with E-state index >= 15 is 0 Å². The molecule has 0 bridgehead atoms. The Bertz CT molecular complexity index is 651. The second-order valence-corrected chi connectivity index (χ2v) is 9.29. The molecular formula is C18H22N2OS3. The molecule has 3 aliphatic rings. The van der Waals surface area contributed by atoms with Crippen molar-refractivity contribution >= 4 is 40.9 Å². The number of fused-ring (bicyclic) bond motifs is 1. The molecule has 3 fully saturated rings. The number of methoxy groups -OCH3 is 1. The van der Waals surface area contributed by atoms with Crippen molar-refractivity contribution in [3.05, 3.63) is 39.6 Å². The first-order valence-electron chi connectivity index (χ1n) is 8.46. The summed E-state index contributed by atoms with van der Waals surface area (Å²) in [5.74, 6) is 3.93. The third-order valence-electron chi connectivity index (χ3n) is 5.08. The van der Waals surface area contributed by atoms with Gasteiger partial charge in [0.15, 0.2) is 5.11 Å². The minimum Gasteiger partial charge on any atom is -0.497 e. The largest absolute Gasteiger partial charge is 0.497 e. The lowest BCUT2D eigenvalue weighted by molar-refractivity contribution is 0.259. The monoisotopic (exact) mass is 378 g/mol. The van der Waals surface area contributed by atoms with Crippen molar-refractivity contribution in [2.24, 2.45) is 5.92 Å². The first-order chi connectivity index (χ1) is 11.8. The average Bonchev–Trinajstić information content (AvgIpc) is 3.15. The second-order valence-electron chi connectivity index (χ2n) is 6.41. The number of benzene rings is 1. The molecule has 1 aromatic rings. The summed E-state index contributed by atoms with van der Waals surface area (Å²) in [4.78, 5) is 0. The van der Waals surface area contributed by atoms with Crippen LogP contribution in [0.4, 0.5) is 0 Å². The Morgan fingerprint density at radius 3 is 2.50 bits per heavy atom. The first-order valence-corrected chi connectivity index (χ1v) is 10.8. The number of nitrogens with one attached hydrogen (secondary N) is 2. The molecule has 0 spiro atoms. The minimum atomic E-state index is 0.280. The van der Waals surface area contributed by atoms with Gasteiger partial charge in [-0.1, -0.05) is 12.1 Å². The fourth-order valence-corrected chi connectivity index (χ4v) is 6.91. The Hall–Kier alpha value is -0.850. The highest BCUT2D eigenvalue weighted by Crippen LogP contribution is 2.47. The lowest BCUT2D eigenvalue weighted by Crippen LogP contribution is -2.58. The fraction of sp³-hybridized carbons (Fsp3) is 0.500. The molecule has 0 radical (unpaired) electrons. The molecule has 2 heterocycles. The van der Waals surface area contributed by atoms with Gasteiger partial charge in [0.1, 0.15) is 5.75 Å². The smallest absolute Gasteiger partial charge is 0.167 e. The third kappa shape index (κ3) is 3.16. The van der Waals surface area contributed by atoms with E-state index in [9.17, 15) is 0 Å². The predicted octanol–water partition coefficient (Wildman–Crippen LogP) is 4.07. The first kappa shape index (κ1) is 16.6. The lowest BCUT2D eigenvalue weighted by atomic mass is 9.74. The van der Waals surface area contributed by atoms with Gasteiger partial charge >= 0.3 is 0 Å². The van der Waals surface area contributed by atoms with E-state index in [2.05, 4.69) is 22.8 Å². The maximum Gasteiger partial charge on any atom is 0.167 e. The zero-order valence-corrected chi connectivity index (χ0v) is 16.2. The third-order valence-corrected chi connectivity index (χ3v) is 8.14. The van der Waals surface area contributed by atoms with Crippen molar-refractivity contribution < 1.29 is 4.74 Å². The average molecular weight is 379 g/mol. The van der Waals surface area contributed by atoms with Crippen LogP contribution in [0.5, 0.6) is 5.75 Å². The number of thiocarbonyl (C=S) groups is 1. The molecule has 3 nitrogen and oxygen atoms in total. The summed E-state index contributed by atoms with van der Waals surface area (Å²) in [7, 11) is 1.71. The number of hydrogen-bond donors (Lipinski definition) is 2. The summed E-state index contributed by atoms with van der Waals surface area (Å²) in [5.41, 5.74) is 2.90. The second kappa shape index (κ2) is 7.18. The summed E-state index contributed by atoms with van der Waals surface area (Å²) in [6.07, 6.45) is 3.71. The van der Waals surface area contributed by atoms with Gasteiger partial charge in [-0.2, -0.15) is 0 Å². The van der Waals surface area contributed by atoms with Crippen LogP contribution in [0.15, 0.2) is 34.1 Å². The Morgan fingerprint density at radius 2 is 1.79 bits per heavy atom. The lowest BCUT2D eigenvalue weighted by Gasteiger charge is -2.45. The molecule has 24 heavy (non-hydrogen) atoms. The summed E-state index contributed by atoms with van der Waals surface area (Å²) in [5, 5.41) is 7.88. The van der Waals surface area contributed by atoms with Crippen LogP contribution in [0.1, 0.15) is 30.9 Å². The van der Waals surface area contributed by atoms with Crippen molar-refractivity contribution in [3.63, 3.8) is 0 Å². The standard InChI is InChI=1S/C18H22N2OS3/c1-21-12-7-5-11(6-8-12)15-13-3-2-4-14(17-23-9-10-24-17)16(13)20-18(22)19-15/h5-8,13,15-16H,2-4,9-10H2,1H3,(H2,19,20,22)/t13-,15-,16+/m0/s1. The van der Waals surface area contributed by atoms with Gasteiger partial charge < -0.3 is 15.4 Å². The highest BCUT2D eigenvalue weighted by Gasteiger charge is 2.41. The zero-order valence-electron chi connectivity index (χ0n) is 13.7. The Kier molecular flexibility index (Phi) is 4.97. The van der Waals surface area contributed by atoms with Gasteiger partial charge in [0.25, 0.3) is 0 Å². The Morgan fingerprint density at radius 1 is 1.08 bits per heavy atom. The van der Waals surface area contributed by atoms with E-state index in [0.29, 0.717) is 12.0 Å². The molecule has 1 aromatic carbocycles. The zero-order chi connectivity index (χ0) is 16.5. The SMILES string of the molecule is COc1ccc([C@@H]2NC(=S)N[C@H]3C(=C4SCCS4)CCC[C@H]32)cc1. The number of rotatable bonds is 2. The Balaban J connectivity index is 1.65. The molecule has 4 rings (SSSR count). The van der Waals surface area contributed by atoms with E-state index in [0.717, 1.165) is 10.9 Å². The van der Waals surface area contributed by atoms with E-state index in [4.69, 9.17) is 17.0 Å². The van der Waals surface area contributed by atoms with Gasteiger partial charge in [0.2, 0.25) is 0 Å². The normalized spacial score (nSPS) is 29.7. The molecule has 1 saturated carbocycles. The minimum absolute atomic E-state index is 0.280. The highest BCUT2D eigenvalue weighted by molar-refractivity contribution is 8.25. The van der Waals surface area contributed by atoms with Crippen LogP contribution in [0.3, 0.4) is 0 Å². The maximum atomic E-state index is 5.54. The van der Waals surface area contributed by atoms with Crippen LogP contribution in [-0.2, 0) is 0 Å². The number of hydrogen-bond acceptors (Lipinski definition) is 4. The van der Waals surface area contributed by atoms with Crippen LogP contribution in [0, 0.1) is 5.92 Å². The van der Waals surface area contributed by atoms with Crippen LogP contribution >= 0.6 is 35.7 Å². The van der Waals surface area contributed by atoms with Gasteiger partial charge in [-0.3, -0.25) is 0 Å². The molecular weight excluding hydrogens is 356 g/mol. The van der Waals surface area contributed by atoms with Gasteiger partial charge in [-0.05, 0) is 54.7 Å². The molecule has 128 valence electrons. The highest BCUT2D eigenvalue weighted by atomic mass is 32.2. The summed E-state index contributed by atoms with van der Waals surface area (Å²) in [6.45, 7) is 0. The molecule has 2 N–H and O–H groups in total. The number of thioether (sulfide) groups is 2. The quantitative estimate of drug-likeness (QED) is 0.755. The summed E-state index contributed by atoms with van der Waals surface area (Å²) in [6, 6.07) is 9.09. The molecule has 0 unspecified atom stereocenters. The van der Waals surface area contributed by atoms with Gasteiger partial charge in [-0.15, -0.1) is 23.5 Å². The van der Waals surface area contributed by atoms with Gasteiger partial charge in [-0.25, -0.2) is 0 Å². The van der Waals surface area contributed by atoms with Gasteiger partial charge in [0.05, 0.1) is 19.2 Å². The molecule has 0 amide bonds. The topological polar surface area (TPSA) is 33.3 Å². The molecule has 2 saturated heterocycles. The molecule has 6 heteroatoms. The number of ether oxygens (including phenoxy) is 1. The fourth-order valence-electron chi connectivity index (χ4n) is 3.96. The summed E-state index contributed by atoms with van der Waals surface area (Å²) < 4.78 is 6.85. The molecule has 2 aliphatic heterocycles. The van der Waals surface area contributed by atoms with E-state index < -0.39 is 0 Å². The van der Waals surface area contributed by atoms with E-state index in [1.165, 1.54) is 36.3 Å². The van der Waals surface area contributed by atoms with E-state index in [-0.39, 0.29) is 6.04 Å².